The summed E-state index contributed by atoms with van der Waals surface area (Å²) in [6.07, 6.45) is -2.26. The van der Waals surface area contributed by atoms with Crippen LogP contribution in [0.4, 0.5) is 19.0 Å². The number of hydrazone groups is 1. The molecule has 0 aliphatic heterocycles. The van der Waals surface area contributed by atoms with Crippen molar-refractivity contribution in [1.29, 1.82) is 0 Å². The Morgan fingerprint density at radius 2 is 1.85 bits per heavy atom. The van der Waals surface area contributed by atoms with Crippen molar-refractivity contribution in [3.8, 4) is 11.5 Å². The lowest BCUT2D eigenvalue weighted by Gasteiger charge is -2.14. The number of anilines is 1. The monoisotopic (exact) mass is 485 g/mol. The van der Waals surface area contributed by atoms with Gasteiger partial charge in [0, 0.05) is 6.20 Å². The summed E-state index contributed by atoms with van der Waals surface area (Å²) in [5.74, 6) is 0.978. The highest BCUT2D eigenvalue weighted by Gasteiger charge is 2.30. The number of nitrogens with zero attached hydrogens (tertiary/aromatic N) is 2. The number of nitrogens with one attached hydrogen (secondary N) is 1. The molecule has 0 atom stereocenters. The molecule has 0 unspecified atom stereocenters. The van der Waals surface area contributed by atoms with E-state index in [2.05, 4.69) is 15.5 Å². The third-order valence-corrected chi connectivity index (χ3v) is 5.27. The second-order valence-corrected chi connectivity index (χ2v) is 7.67. The van der Waals surface area contributed by atoms with E-state index in [1.165, 1.54) is 19.4 Å². The van der Waals surface area contributed by atoms with Gasteiger partial charge in [-0.15, -0.1) is 0 Å². The third kappa shape index (κ3) is 5.40. The van der Waals surface area contributed by atoms with Crippen LogP contribution in [-0.4, -0.2) is 18.3 Å². The molecule has 0 aliphatic carbocycles. The Bertz CT molecular complexity index is 1320. The smallest absolute Gasteiger partial charge is 0.417 e. The van der Waals surface area contributed by atoms with Gasteiger partial charge >= 0.3 is 6.18 Å². The number of alkyl halides is 3. The molecule has 5 nitrogen and oxygen atoms in total. The van der Waals surface area contributed by atoms with Crippen LogP contribution in [0.2, 0.25) is 5.02 Å². The number of aromatic nitrogens is 1. The van der Waals surface area contributed by atoms with Gasteiger partial charge in [0.25, 0.3) is 0 Å². The highest BCUT2D eigenvalue weighted by molar-refractivity contribution is 6.32. The quantitative estimate of drug-likeness (QED) is 0.227. The first-order valence-corrected chi connectivity index (χ1v) is 10.5. The number of hydrogen-bond donors (Lipinski definition) is 1. The summed E-state index contributed by atoms with van der Waals surface area (Å²) in [7, 11) is 1.50. The molecule has 174 valence electrons. The molecular weight excluding hydrogens is 467 g/mol. The molecule has 1 N–H and O–H groups in total. The number of fused-ring (bicyclic) bond motifs is 1. The minimum atomic E-state index is -4.44. The first-order chi connectivity index (χ1) is 16.3. The fraction of sp³-hybridized carbons (Fsp3) is 0.120. The SMILES string of the molecule is COc1cc(/C=N\Nc2ccc(C(F)(F)F)cn2)cc(Cl)c1OCc1cccc2ccccc12. The maximum atomic E-state index is 12.6. The maximum absolute atomic E-state index is 12.6. The maximum Gasteiger partial charge on any atom is 0.417 e. The Morgan fingerprint density at radius 3 is 2.59 bits per heavy atom. The third-order valence-electron chi connectivity index (χ3n) is 4.99. The highest BCUT2D eigenvalue weighted by Crippen LogP contribution is 2.37. The summed E-state index contributed by atoms with van der Waals surface area (Å²) < 4.78 is 49.3. The average molecular weight is 486 g/mol. The van der Waals surface area contributed by atoms with Gasteiger partial charge in [-0.2, -0.15) is 18.3 Å². The lowest BCUT2D eigenvalue weighted by molar-refractivity contribution is -0.137. The molecule has 0 fully saturated rings. The van der Waals surface area contributed by atoms with Crippen LogP contribution in [0.25, 0.3) is 10.8 Å². The number of benzene rings is 3. The van der Waals surface area contributed by atoms with Gasteiger partial charge in [-0.3, -0.25) is 5.43 Å². The van der Waals surface area contributed by atoms with E-state index in [0.29, 0.717) is 28.7 Å². The zero-order valence-electron chi connectivity index (χ0n) is 17.9. The number of halogens is 4. The van der Waals surface area contributed by atoms with E-state index in [9.17, 15) is 13.2 Å². The molecule has 0 radical (unpaired) electrons. The Morgan fingerprint density at radius 1 is 1.06 bits per heavy atom. The summed E-state index contributed by atoms with van der Waals surface area (Å²) in [4.78, 5) is 3.70. The lowest BCUT2D eigenvalue weighted by Crippen LogP contribution is -2.05. The molecule has 0 aliphatic rings. The van der Waals surface area contributed by atoms with Gasteiger partial charge in [0.05, 0.1) is 23.9 Å². The predicted octanol–water partition coefficient (Wildman–Crippen LogP) is 6.94. The van der Waals surface area contributed by atoms with Crippen molar-refractivity contribution in [1.82, 2.24) is 4.98 Å². The van der Waals surface area contributed by atoms with Gasteiger partial charge in [0.1, 0.15) is 12.4 Å². The summed E-state index contributed by atoms with van der Waals surface area (Å²) in [6.45, 7) is 0.298. The second kappa shape index (κ2) is 10.0. The normalized spacial score (nSPS) is 11.7. The van der Waals surface area contributed by atoms with E-state index in [-0.39, 0.29) is 5.82 Å². The van der Waals surface area contributed by atoms with E-state index in [1.54, 1.807) is 12.1 Å². The summed E-state index contributed by atoms with van der Waals surface area (Å²) in [5, 5.41) is 6.54. The van der Waals surface area contributed by atoms with Gasteiger partial charge < -0.3 is 9.47 Å². The molecule has 0 saturated carbocycles. The van der Waals surface area contributed by atoms with Crippen LogP contribution in [0.3, 0.4) is 0 Å². The first kappa shape index (κ1) is 23.4. The number of ether oxygens (including phenoxy) is 2. The largest absolute Gasteiger partial charge is 0.493 e. The molecule has 9 heteroatoms. The van der Waals surface area contributed by atoms with Crippen molar-refractivity contribution in [3.63, 3.8) is 0 Å². The number of pyridine rings is 1. The Kier molecular flexibility index (Phi) is 6.88. The molecule has 0 amide bonds. The van der Waals surface area contributed by atoms with Crippen molar-refractivity contribution in [2.75, 3.05) is 12.5 Å². The van der Waals surface area contributed by atoms with Crippen LogP contribution in [0.15, 0.2) is 78.0 Å². The standard InChI is InChI=1S/C25H19ClF3N3O2/c1-33-22-12-16(13-31-32-23-10-9-19(14-30-23)25(27,28)29)11-21(26)24(22)34-15-18-7-4-6-17-5-2-3-8-20(17)18/h2-14H,15H2,1H3,(H,30,32)/b31-13-. The fourth-order valence-corrected chi connectivity index (χ4v) is 3.60. The molecule has 4 rings (SSSR count). The molecule has 1 heterocycles. The minimum absolute atomic E-state index is 0.164. The fourth-order valence-electron chi connectivity index (χ4n) is 3.32. The number of hydrogen-bond acceptors (Lipinski definition) is 5. The van der Waals surface area contributed by atoms with Crippen molar-refractivity contribution in [2.24, 2.45) is 5.10 Å². The minimum Gasteiger partial charge on any atom is -0.493 e. The van der Waals surface area contributed by atoms with E-state index < -0.39 is 11.7 Å². The lowest BCUT2D eigenvalue weighted by atomic mass is 10.1. The Balaban J connectivity index is 1.47. The molecule has 0 saturated heterocycles. The van der Waals surface area contributed by atoms with E-state index in [0.717, 1.165) is 28.6 Å². The van der Waals surface area contributed by atoms with Crippen LogP contribution in [0.5, 0.6) is 11.5 Å². The molecule has 1 aromatic heterocycles. The number of methoxy groups -OCH3 is 1. The van der Waals surface area contributed by atoms with Crippen molar-refractivity contribution < 1.29 is 22.6 Å². The Labute approximate surface area is 198 Å². The zero-order valence-corrected chi connectivity index (χ0v) is 18.7. The molecule has 4 aromatic rings. The summed E-state index contributed by atoms with van der Waals surface area (Å²) in [6, 6.07) is 19.5. The van der Waals surface area contributed by atoms with Crippen LogP contribution in [-0.2, 0) is 12.8 Å². The van der Waals surface area contributed by atoms with E-state index >= 15 is 0 Å². The van der Waals surface area contributed by atoms with Crippen molar-refractivity contribution >= 4 is 34.4 Å². The van der Waals surface area contributed by atoms with Gasteiger partial charge in [0.2, 0.25) is 0 Å². The second-order valence-electron chi connectivity index (χ2n) is 7.26. The molecule has 34 heavy (non-hydrogen) atoms. The molecule has 0 bridgehead atoms. The predicted molar refractivity (Wildman–Crippen MR) is 127 cm³/mol. The first-order valence-electron chi connectivity index (χ1n) is 10.1. The molecule has 0 spiro atoms. The van der Waals surface area contributed by atoms with Crippen LogP contribution in [0, 0.1) is 0 Å². The van der Waals surface area contributed by atoms with Crippen LogP contribution in [0.1, 0.15) is 16.7 Å². The van der Waals surface area contributed by atoms with Crippen molar-refractivity contribution in [3.05, 3.63) is 94.6 Å². The van der Waals surface area contributed by atoms with Gasteiger partial charge in [-0.1, -0.05) is 54.1 Å². The average Bonchev–Trinajstić information content (AvgIpc) is 2.83. The topological polar surface area (TPSA) is 55.7 Å². The summed E-state index contributed by atoms with van der Waals surface area (Å²) in [5.41, 5.74) is 3.35. The molecular formula is C25H19ClF3N3O2. The van der Waals surface area contributed by atoms with Crippen LogP contribution < -0.4 is 14.9 Å². The van der Waals surface area contributed by atoms with Crippen molar-refractivity contribution in [2.45, 2.75) is 12.8 Å². The molecule has 3 aromatic carbocycles. The van der Waals surface area contributed by atoms with Gasteiger partial charge in [-0.05, 0) is 46.2 Å². The number of rotatable bonds is 7. The summed E-state index contributed by atoms with van der Waals surface area (Å²) >= 11 is 6.45. The van der Waals surface area contributed by atoms with Gasteiger partial charge in [0.15, 0.2) is 11.5 Å². The van der Waals surface area contributed by atoms with Crippen LogP contribution >= 0.6 is 11.6 Å². The zero-order chi connectivity index (χ0) is 24.1. The van der Waals surface area contributed by atoms with E-state index in [4.69, 9.17) is 21.1 Å². The highest BCUT2D eigenvalue weighted by atomic mass is 35.5. The Hall–Kier alpha value is -3.78. The van der Waals surface area contributed by atoms with Gasteiger partial charge in [-0.25, -0.2) is 4.98 Å². The van der Waals surface area contributed by atoms with E-state index in [1.807, 2.05) is 42.5 Å².